The molecule has 1 heterocycles. The van der Waals surface area contributed by atoms with Gasteiger partial charge in [-0.2, -0.15) is 0 Å². The van der Waals surface area contributed by atoms with Crippen molar-refractivity contribution in [3.63, 3.8) is 0 Å². The number of epoxide rings is 1. The minimum atomic E-state index is 0.290. The molecule has 2 atom stereocenters. The molecular formula is C7H14O2. The Labute approximate surface area is 55.8 Å². The lowest BCUT2D eigenvalue weighted by Crippen LogP contribution is -2.12. The Hall–Kier alpha value is -0.0800. The summed E-state index contributed by atoms with van der Waals surface area (Å²) in [7, 11) is 0. The highest BCUT2D eigenvalue weighted by Gasteiger charge is 2.31. The second-order valence-corrected chi connectivity index (χ2v) is 2.60. The van der Waals surface area contributed by atoms with E-state index in [9.17, 15) is 0 Å². The Morgan fingerprint density at radius 1 is 1.78 bits per heavy atom. The van der Waals surface area contributed by atoms with Gasteiger partial charge in [-0.15, -0.1) is 0 Å². The lowest BCUT2D eigenvalue weighted by atomic mass is 10.0. The average molecular weight is 130 g/mol. The number of ether oxygens (including phenoxy) is 1. The van der Waals surface area contributed by atoms with E-state index in [-0.39, 0.29) is 0 Å². The van der Waals surface area contributed by atoms with Crippen LogP contribution in [0.5, 0.6) is 0 Å². The molecule has 0 radical (unpaired) electrons. The largest absolute Gasteiger partial charge is 0.396 e. The molecule has 1 saturated heterocycles. The molecule has 0 aromatic carbocycles. The molecule has 0 saturated carbocycles. The van der Waals surface area contributed by atoms with E-state index in [0.717, 1.165) is 19.4 Å². The molecule has 9 heavy (non-hydrogen) atoms. The van der Waals surface area contributed by atoms with Crippen molar-refractivity contribution in [1.29, 1.82) is 0 Å². The lowest BCUT2D eigenvalue weighted by molar-refractivity contribution is 0.184. The summed E-state index contributed by atoms with van der Waals surface area (Å²) in [6, 6.07) is 0. The van der Waals surface area contributed by atoms with E-state index < -0.39 is 0 Å². The molecule has 2 nitrogen and oxygen atoms in total. The van der Waals surface area contributed by atoms with Crippen LogP contribution in [0.3, 0.4) is 0 Å². The minimum absolute atomic E-state index is 0.290. The van der Waals surface area contributed by atoms with Crippen LogP contribution in [0, 0.1) is 5.92 Å². The van der Waals surface area contributed by atoms with E-state index in [1.54, 1.807) is 0 Å². The van der Waals surface area contributed by atoms with Gasteiger partial charge in [0.1, 0.15) is 0 Å². The molecular weight excluding hydrogens is 116 g/mol. The van der Waals surface area contributed by atoms with Crippen molar-refractivity contribution in [2.75, 3.05) is 13.2 Å². The van der Waals surface area contributed by atoms with Crippen LogP contribution in [0.15, 0.2) is 0 Å². The maximum absolute atomic E-state index is 8.79. The zero-order valence-electron chi connectivity index (χ0n) is 5.84. The minimum Gasteiger partial charge on any atom is -0.396 e. The summed E-state index contributed by atoms with van der Waals surface area (Å²) in [5.74, 6) is 0.412. The van der Waals surface area contributed by atoms with Crippen LogP contribution in [-0.4, -0.2) is 24.4 Å². The SMILES string of the molecule is CCCC(CO)C1CO1. The fourth-order valence-corrected chi connectivity index (χ4v) is 1.09. The van der Waals surface area contributed by atoms with Gasteiger partial charge in [-0.3, -0.25) is 0 Å². The van der Waals surface area contributed by atoms with Gasteiger partial charge in [0.2, 0.25) is 0 Å². The van der Waals surface area contributed by atoms with Crippen LogP contribution in [0.2, 0.25) is 0 Å². The molecule has 1 N–H and O–H groups in total. The first-order valence-electron chi connectivity index (χ1n) is 3.61. The molecule has 1 aliphatic rings. The number of rotatable bonds is 4. The molecule has 54 valence electrons. The van der Waals surface area contributed by atoms with Crippen molar-refractivity contribution in [2.24, 2.45) is 5.92 Å². The fraction of sp³-hybridized carbons (Fsp3) is 1.00. The van der Waals surface area contributed by atoms with Crippen molar-refractivity contribution in [1.82, 2.24) is 0 Å². The van der Waals surface area contributed by atoms with E-state index >= 15 is 0 Å². The second-order valence-electron chi connectivity index (χ2n) is 2.60. The topological polar surface area (TPSA) is 32.8 Å². The maximum Gasteiger partial charge on any atom is 0.0859 e. The van der Waals surface area contributed by atoms with Gasteiger partial charge in [-0.1, -0.05) is 13.3 Å². The summed E-state index contributed by atoms with van der Waals surface area (Å²) in [5.41, 5.74) is 0. The molecule has 1 fully saturated rings. The van der Waals surface area contributed by atoms with Gasteiger partial charge in [0.15, 0.2) is 0 Å². The molecule has 0 spiro atoms. The Kier molecular flexibility index (Phi) is 2.49. The van der Waals surface area contributed by atoms with Gasteiger partial charge in [0.25, 0.3) is 0 Å². The number of aliphatic hydroxyl groups is 1. The van der Waals surface area contributed by atoms with Crippen molar-refractivity contribution < 1.29 is 9.84 Å². The molecule has 0 aromatic heterocycles. The quantitative estimate of drug-likeness (QED) is 0.571. The smallest absolute Gasteiger partial charge is 0.0859 e. The molecule has 1 aliphatic heterocycles. The predicted molar refractivity (Wildman–Crippen MR) is 35.2 cm³/mol. The highest BCUT2D eigenvalue weighted by atomic mass is 16.6. The number of hydrogen-bond acceptors (Lipinski definition) is 2. The third-order valence-corrected chi connectivity index (χ3v) is 1.78. The van der Waals surface area contributed by atoms with Crippen LogP contribution in [0.25, 0.3) is 0 Å². The molecule has 0 aliphatic carbocycles. The van der Waals surface area contributed by atoms with E-state index in [1.807, 2.05) is 0 Å². The van der Waals surface area contributed by atoms with Crippen molar-refractivity contribution in [3.05, 3.63) is 0 Å². The predicted octanol–water partition coefficient (Wildman–Crippen LogP) is 0.794. The van der Waals surface area contributed by atoms with Crippen molar-refractivity contribution in [2.45, 2.75) is 25.9 Å². The van der Waals surface area contributed by atoms with Gasteiger partial charge in [-0.05, 0) is 6.42 Å². The Morgan fingerprint density at radius 2 is 2.44 bits per heavy atom. The third kappa shape index (κ3) is 1.95. The van der Waals surface area contributed by atoms with Crippen LogP contribution in [-0.2, 0) is 4.74 Å². The Morgan fingerprint density at radius 3 is 2.78 bits per heavy atom. The molecule has 0 bridgehead atoms. The summed E-state index contributed by atoms with van der Waals surface area (Å²) in [6.45, 7) is 3.29. The first kappa shape index (κ1) is 7.03. The van der Waals surface area contributed by atoms with E-state index in [0.29, 0.717) is 18.6 Å². The standard InChI is InChI=1S/C7H14O2/c1-2-3-6(4-8)7-5-9-7/h6-8H,2-5H2,1H3. The monoisotopic (exact) mass is 130 g/mol. The number of aliphatic hydroxyl groups excluding tert-OH is 1. The summed E-state index contributed by atoms with van der Waals surface area (Å²) in [4.78, 5) is 0. The molecule has 0 aromatic rings. The molecule has 0 amide bonds. The number of hydrogen-bond donors (Lipinski definition) is 1. The summed E-state index contributed by atoms with van der Waals surface area (Å²) < 4.78 is 5.05. The van der Waals surface area contributed by atoms with E-state index in [1.165, 1.54) is 0 Å². The summed E-state index contributed by atoms with van der Waals surface area (Å²) in [5, 5.41) is 8.79. The molecule has 2 heteroatoms. The zero-order valence-corrected chi connectivity index (χ0v) is 5.84. The summed E-state index contributed by atoms with van der Waals surface area (Å²) >= 11 is 0. The van der Waals surface area contributed by atoms with Gasteiger partial charge >= 0.3 is 0 Å². The highest BCUT2D eigenvalue weighted by molar-refractivity contribution is 4.77. The van der Waals surface area contributed by atoms with Crippen LogP contribution in [0.1, 0.15) is 19.8 Å². The van der Waals surface area contributed by atoms with Crippen LogP contribution in [0.4, 0.5) is 0 Å². The van der Waals surface area contributed by atoms with Crippen molar-refractivity contribution in [3.8, 4) is 0 Å². The first-order valence-corrected chi connectivity index (χ1v) is 3.61. The van der Waals surface area contributed by atoms with Gasteiger partial charge in [-0.25, -0.2) is 0 Å². The summed E-state index contributed by atoms with van der Waals surface area (Å²) in [6.07, 6.45) is 2.63. The van der Waals surface area contributed by atoms with Crippen molar-refractivity contribution >= 4 is 0 Å². The third-order valence-electron chi connectivity index (χ3n) is 1.78. The first-order chi connectivity index (χ1) is 4.38. The van der Waals surface area contributed by atoms with Crippen LogP contribution >= 0.6 is 0 Å². The van der Waals surface area contributed by atoms with E-state index in [4.69, 9.17) is 9.84 Å². The Balaban J connectivity index is 2.12. The van der Waals surface area contributed by atoms with Gasteiger partial charge in [0.05, 0.1) is 12.7 Å². The zero-order chi connectivity index (χ0) is 6.69. The van der Waals surface area contributed by atoms with Crippen LogP contribution < -0.4 is 0 Å². The molecule has 2 unspecified atom stereocenters. The fourth-order valence-electron chi connectivity index (χ4n) is 1.09. The maximum atomic E-state index is 8.79. The van der Waals surface area contributed by atoms with Gasteiger partial charge < -0.3 is 9.84 Å². The highest BCUT2D eigenvalue weighted by Crippen LogP contribution is 2.23. The lowest BCUT2D eigenvalue weighted by Gasteiger charge is -2.07. The Bertz CT molecular complexity index is 79.0. The second kappa shape index (κ2) is 3.18. The average Bonchev–Trinajstić information content (AvgIpc) is 2.64. The van der Waals surface area contributed by atoms with E-state index in [2.05, 4.69) is 6.92 Å². The van der Waals surface area contributed by atoms with Gasteiger partial charge in [0, 0.05) is 12.5 Å². The normalized spacial score (nSPS) is 28.0. The molecule has 1 rings (SSSR count).